The lowest BCUT2D eigenvalue weighted by molar-refractivity contribution is 0.261. The van der Waals surface area contributed by atoms with Crippen LogP contribution in [-0.2, 0) is 0 Å². The Bertz CT molecular complexity index is 352. The minimum absolute atomic E-state index is 0. The number of likely N-dealkylation sites (N-methyl/N-ethyl adjacent to an activating group) is 1. The average Bonchev–Trinajstić information content (AvgIpc) is 2.28. The number of hydrogen-bond acceptors (Lipinski definition) is 4. The lowest BCUT2D eigenvalue weighted by atomic mass is 10.2. The maximum absolute atomic E-state index is 8.49. The Morgan fingerprint density at radius 3 is 2.41 bits per heavy atom. The molecule has 0 fully saturated rings. The van der Waals surface area contributed by atoms with E-state index in [0.717, 1.165) is 12.3 Å². The van der Waals surface area contributed by atoms with E-state index in [1.165, 1.54) is 0 Å². The van der Waals surface area contributed by atoms with Crippen LogP contribution in [0.1, 0.15) is 5.56 Å². The van der Waals surface area contributed by atoms with E-state index < -0.39 is 0 Å². The summed E-state index contributed by atoms with van der Waals surface area (Å²) < 4.78 is 5.50. The van der Waals surface area contributed by atoms with Crippen LogP contribution < -0.4 is 10.5 Å². The van der Waals surface area contributed by atoms with Crippen molar-refractivity contribution in [2.24, 2.45) is 10.9 Å². The molecule has 0 saturated heterocycles. The molecule has 0 saturated carbocycles. The Labute approximate surface area is 107 Å². The van der Waals surface area contributed by atoms with Crippen LogP contribution in [0.15, 0.2) is 29.4 Å². The molecule has 6 heteroatoms. The van der Waals surface area contributed by atoms with Crippen LogP contribution in [0.2, 0.25) is 0 Å². The zero-order chi connectivity index (χ0) is 12.0. The van der Waals surface area contributed by atoms with Gasteiger partial charge in [0.25, 0.3) is 0 Å². The Hall–Kier alpha value is -1.46. The molecule has 0 aliphatic rings. The molecule has 0 aliphatic heterocycles. The molecule has 5 nitrogen and oxygen atoms in total. The first-order valence-electron chi connectivity index (χ1n) is 4.99. The molecule has 3 N–H and O–H groups in total. The fraction of sp³-hybridized carbons (Fsp3) is 0.364. The summed E-state index contributed by atoms with van der Waals surface area (Å²) in [4.78, 5) is 2.05. The summed E-state index contributed by atoms with van der Waals surface area (Å²) in [6.45, 7) is 1.50. The highest BCUT2D eigenvalue weighted by Gasteiger charge is 1.99. The molecule has 1 aromatic carbocycles. The van der Waals surface area contributed by atoms with Gasteiger partial charge in [0, 0.05) is 12.1 Å². The second-order valence-electron chi connectivity index (χ2n) is 3.66. The van der Waals surface area contributed by atoms with E-state index in [1.54, 1.807) is 24.3 Å². The largest absolute Gasteiger partial charge is 0.492 e. The Morgan fingerprint density at radius 1 is 1.35 bits per heavy atom. The Kier molecular flexibility index (Phi) is 7.09. The zero-order valence-corrected chi connectivity index (χ0v) is 10.8. The van der Waals surface area contributed by atoms with Gasteiger partial charge in [-0.2, -0.15) is 0 Å². The first-order valence-corrected chi connectivity index (χ1v) is 4.99. The van der Waals surface area contributed by atoms with Crippen LogP contribution in [0, 0.1) is 0 Å². The molecule has 0 spiro atoms. The molecule has 0 atom stereocenters. The van der Waals surface area contributed by atoms with Crippen LogP contribution in [0.5, 0.6) is 5.75 Å². The molecule has 0 heterocycles. The number of ether oxygens (including phenoxy) is 1. The van der Waals surface area contributed by atoms with Crippen LogP contribution in [0.25, 0.3) is 0 Å². The Balaban J connectivity index is 0.00000256. The quantitative estimate of drug-likeness (QED) is 0.360. The fourth-order valence-corrected chi connectivity index (χ4v) is 1.13. The van der Waals surface area contributed by atoms with Gasteiger partial charge in [0.05, 0.1) is 0 Å². The van der Waals surface area contributed by atoms with E-state index in [4.69, 9.17) is 15.7 Å². The van der Waals surface area contributed by atoms with E-state index in [2.05, 4.69) is 5.16 Å². The summed E-state index contributed by atoms with van der Waals surface area (Å²) in [6.07, 6.45) is 0. The standard InChI is InChI=1S/C11H17N3O2.ClH/c1-14(2)7-8-16-10-5-3-9(4-6-10)11(12)13-15;/h3-6,15H,7-8H2,1-2H3,(H2,12,13);1H. The summed E-state index contributed by atoms with van der Waals surface area (Å²) in [5.41, 5.74) is 6.11. The fourth-order valence-electron chi connectivity index (χ4n) is 1.13. The van der Waals surface area contributed by atoms with Crippen LogP contribution in [0.3, 0.4) is 0 Å². The third-order valence-electron chi connectivity index (χ3n) is 2.07. The maximum Gasteiger partial charge on any atom is 0.170 e. The lowest BCUT2D eigenvalue weighted by Gasteiger charge is -2.11. The van der Waals surface area contributed by atoms with Crippen molar-refractivity contribution in [2.45, 2.75) is 0 Å². The topological polar surface area (TPSA) is 71.1 Å². The first-order chi connectivity index (χ1) is 7.63. The minimum atomic E-state index is 0. The zero-order valence-electron chi connectivity index (χ0n) is 9.96. The summed E-state index contributed by atoms with van der Waals surface area (Å²) >= 11 is 0. The molecule has 96 valence electrons. The molecular weight excluding hydrogens is 242 g/mol. The van der Waals surface area contributed by atoms with Crippen molar-refractivity contribution in [3.8, 4) is 5.75 Å². The third-order valence-corrected chi connectivity index (χ3v) is 2.07. The molecule has 17 heavy (non-hydrogen) atoms. The molecule has 0 aromatic heterocycles. The molecule has 0 bridgehead atoms. The van der Waals surface area contributed by atoms with Gasteiger partial charge >= 0.3 is 0 Å². The van der Waals surface area contributed by atoms with Gasteiger partial charge in [0.2, 0.25) is 0 Å². The van der Waals surface area contributed by atoms with E-state index in [-0.39, 0.29) is 18.2 Å². The molecule has 1 aromatic rings. The van der Waals surface area contributed by atoms with Gasteiger partial charge < -0.3 is 20.6 Å². The molecule has 0 aliphatic carbocycles. The minimum Gasteiger partial charge on any atom is -0.492 e. The predicted octanol–water partition coefficient (Wildman–Crippen LogP) is 1.14. The van der Waals surface area contributed by atoms with Crippen molar-refractivity contribution in [1.82, 2.24) is 4.90 Å². The highest BCUT2D eigenvalue weighted by molar-refractivity contribution is 5.97. The first kappa shape index (κ1) is 15.5. The molecule has 0 unspecified atom stereocenters. The third kappa shape index (κ3) is 5.42. The highest BCUT2D eigenvalue weighted by atomic mass is 35.5. The highest BCUT2D eigenvalue weighted by Crippen LogP contribution is 2.11. The summed E-state index contributed by atoms with van der Waals surface area (Å²) in [5, 5.41) is 11.4. The van der Waals surface area contributed by atoms with E-state index in [0.29, 0.717) is 12.2 Å². The number of benzene rings is 1. The van der Waals surface area contributed by atoms with Gasteiger partial charge in [-0.3, -0.25) is 0 Å². The number of amidine groups is 1. The Morgan fingerprint density at radius 2 is 1.94 bits per heavy atom. The van der Waals surface area contributed by atoms with Gasteiger partial charge in [-0.15, -0.1) is 12.4 Å². The molecular formula is C11H18ClN3O2. The van der Waals surface area contributed by atoms with Crippen molar-refractivity contribution in [2.75, 3.05) is 27.2 Å². The number of nitrogens with zero attached hydrogens (tertiary/aromatic N) is 2. The maximum atomic E-state index is 8.49. The normalized spacial score (nSPS) is 11.1. The molecule has 0 radical (unpaired) electrons. The van der Waals surface area contributed by atoms with Crippen molar-refractivity contribution in [1.29, 1.82) is 0 Å². The average molecular weight is 260 g/mol. The number of rotatable bonds is 5. The SMILES string of the molecule is CN(C)CCOc1ccc(/C(N)=N/O)cc1.Cl. The second kappa shape index (κ2) is 7.76. The van der Waals surface area contributed by atoms with Gasteiger partial charge in [-0.1, -0.05) is 5.16 Å². The van der Waals surface area contributed by atoms with Crippen molar-refractivity contribution >= 4 is 18.2 Å². The van der Waals surface area contributed by atoms with E-state index in [9.17, 15) is 0 Å². The van der Waals surface area contributed by atoms with Crippen LogP contribution >= 0.6 is 12.4 Å². The van der Waals surface area contributed by atoms with Crippen LogP contribution in [-0.4, -0.2) is 43.2 Å². The molecule has 1 rings (SSSR count). The second-order valence-corrected chi connectivity index (χ2v) is 3.66. The summed E-state index contributed by atoms with van der Waals surface area (Å²) in [6, 6.07) is 7.09. The van der Waals surface area contributed by atoms with Gasteiger partial charge in [-0.05, 0) is 38.4 Å². The lowest BCUT2D eigenvalue weighted by Crippen LogP contribution is -2.19. The number of nitrogens with two attached hydrogens (primary N) is 1. The predicted molar refractivity (Wildman–Crippen MR) is 70.2 cm³/mol. The number of hydrogen-bond donors (Lipinski definition) is 2. The summed E-state index contributed by atoms with van der Waals surface area (Å²) in [5.74, 6) is 0.871. The number of oxime groups is 1. The van der Waals surface area contributed by atoms with E-state index in [1.807, 2.05) is 19.0 Å². The van der Waals surface area contributed by atoms with Crippen molar-refractivity contribution < 1.29 is 9.94 Å². The van der Waals surface area contributed by atoms with Gasteiger partial charge in [-0.25, -0.2) is 0 Å². The van der Waals surface area contributed by atoms with Crippen molar-refractivity contribution in [3.05, 3.63) is 29.8 Å². The molecule has 0 amide bonds. The monoisotopic (exact) mass is 259 g/mol. The van der Waals surface area contributed by atoms with E-state index >= 15 is 0 Å². The van der Waals surface area contributed by atoms with Gasteiger partial charge in [0.1, 0.15) is 12.4 Å². The van der Waals surface area contributed by atoms with Gasteiger partial charge in [0.15, 0.2) is 5.84 Å². The van der Waals surface area contributed by atoms with Crippen molar-refractivity contribution in [3.63, 3.8) is 0 Å². The smallest absolute Gasteiger partial charge is 0.170 e. The summed E-state index contributed by atoms with van der Waals surface area (Å²) in [7, 11) is 3.98. The number of halogens is 1. The van der Waals surface area contributed by atoms with Crippen LogP contribution in [0.4, 0.5) is 0 Å².